The minimum atomic E-state index is -0.115. The van der Waals surface area contributed by atoms with E-state index >= 15 is 0 Å². The van der Waals surface area contributed by atoms with E-state index in [1.807, 2.05) is 75.4 Å². The summed E-state index contributed by atoms with van der Waals surface area (Å²) in [4.78, 5) is 12.8. The van der Waals surface area contributed by atoms with Crippen LogP contribution < -0.4 is 14.8 Å². The molecule has 1 atom stereocenters. The van der Waals surface area contributed by atoms with E-state index in [0.717, 1.165) is 51.8 Å². The summed E-state index contributed by atoms with van der Waals surface area (Å²) in [6, 6.07) is 22.2. The lowest BCUT2D eigenvalue weighted by Crippen LogP contribution is -2.31. The highest BCUT2D eigenvalue weighted by molar-refractivity contribution is 6.00. The number of benzene rings is 3. The first-order chi connectivity index (χ1) is 17.5. The fraction of sp³-hybridized carbons (Fsp3) is 0.258. The van der Waals surface area contributed by atoms with Crippen molar-refractivity contribution in [3.05, 3.63) is 90.2 Å². The molecule has 0 aliphatic heterocycles. The number of ether oxygens (including phenoxy) is 2. The van der Waals surface area contributed by atoms with Gasteiger partial charge in [0.05, 0.1) is 20.0 Å². The van der Waals surface area contributed by atoms with Crippen LogP contribution >= 0.6 is 0 Å². The molecule has 1 heterocycles. The number of hydrogen-bond acceptors (Lipinski definition) is 4. The van der Waals surface area contributed by atoms with E-state index < -0.39 is 0 Å². The van der Waals surface area contributed by atoms with Gasteiger partial charge in [-0.1, -0.05) is 42.5 Å². The number of rotatable bonds is 10. The van der Waals surface area contributed by atoms with E-state index in [0.29, 0.717) is 12.4 Å². The van der Waals surface area contributed by atoms with Gasteiger partial charge < -0.3 is 19.2 Å². The minimum absolute atomic E-state index is 0.0594. The van der Waals surface area contributed by atoms with Gasteiger partial charge in [0, 0.05) is 34.7 Å². The number of allylic oxidation sites excluding steroid dienone is 1. The third-order valence-electron chi connectivity index (χ3n) is 6.23. The Balaban J connectivity index is 1.57. The van der Waals surface area contributed by atoms with Gasteiger partial charge in [-0.3, -0.25) is 4.79 Å². The summed E-state index contributed by atoms with van der Waals surface area (Å²) >= 11 is 0. The van der Waals surface area contributed by atoms with Crippen molar-refractivity contribution in [2.75, 3.05) is 13.7 Å². The first-order valence-electron chi connectivity index (χ1n) is 12.3. The lowest BCUT2D eigenvalue weighted by molar-refractivity contribution is -0.117. The van der Waals surface area contributed by atoms with Gasteiger partial charge >= 0.3 is 0 Å². The summed E-state index contributed by atoms with van der Waals surface area (Å²) < 4.78 is 17.2. The van der Waals surface area contributed by atoms with Crippen LogP contribution in [0.1, 0.15) is 38.3 Å². The summed E-state index contributed by atoms with van der Waals surface area (Å²) in [6.07, 6.45) is 5.19. The van der Waals surface area contributed by atoms with E-state index in [9.17, 15) is 4.79 Å². The second-order valence-corrected chi connectivity index (χ2v) is 8.92. The van der Waals surface area contributed by atoms with E-state index in [1.54, 1.807) is 19.4 Å². The number of fused-ring (bicyclic) bond motifs is 1. The Hall–Kier alpha value is -3.99. The highest BCUT2D eigenvalue weighted by Gasteiger charge is 2.16. The number of carbonyl (C=O) groups excluding carboxylic acids is 1. The molecule has 0 fully saturated rings. The fourth-order valence-electron chi connectivity index (χ4n) is 4.31. The van der Waals surface area contributed by atoms with Gasteiger partial charge in [-0.2, -0.15) is 0 Å². The van der Waals surface area contributed by atoms with Crippen molar-refractivity contribution in [1.82, 2.24) is 5.32 Å². The highest BCUT2D eigenvalue weighted by Crippen LogP contribution is 2.38. The zero-order valence-corrected chi connectivity index (χ0v) is 21.3. The molecule has 186 valence electrons. The fourth-order valence-corrected chi connectivity index (χ4v) is 4.31. The summed E-state index contributed by atoms with van der Waals surface area (Å²) in [5.41, 5.74) is 5.64. The molecule has 4 rings (SSSR count). The monoisotopic (exact) mass is 483 g/mol. The average molecular weight is 484 g/mol. The predicted molar refractivity (Wildman–Crippen MR) is 145 cm³/mol. The zero-order valence-electron chi connectivity index (χ0n) is 21.3. The normalized spacial score (nSPS) is 12.4. The minimum Gasteiger partial charge on any atom is -0.497 e. The van der Waals surface area contributed by atoms with E-state index in [-0.39, 0.29) is 11.9 Å². The van der Waals surface area contributed by atoms with E-state index in [4.69, 9.17) is 13.9 Å². The molecule has 0 spiro atoms. The first-order valence-corrected chi connectivity index (χ1v) is 12.3. The topological polar surface area (TPSA) is 60.7 Å². The van der Waals surface area contributed by atoms with Gasteiger partial charge in [0.2, 0.25) is 5.91 Å². The smallest absolute Gasteiger partial charge is 0.244 e. The molecule has 5 nitrogen and oxygen atoms in total. The Morgan fingerprint density at radius 2 is 1.89 bits per heavy atom. The molecule has 0 saturated carbocycles. The number of carbonyl (C=O) groups is 1. The summed E-state index contributed by atoms with van der Waals surface area (Å²) in [5.74, 6) is 1.35. The number of amides is 1. The number of aryl methyl sites for hydroxylation is 1. The quantitative estimate of drug-likeness (QED) is 0.246. The molecule has 0 bridgehead atoms. The van der Waals surface area contributed by atoms with Gasteiger partial charge in [0.25, 0.3) is 0 Å². The van der Waals surface area contributed by atoms with Crippen LogP contribution in [0.25, 0.3) is 27.7 Å². The average Bonchev–Trinajstić information content (AvgIpc) is 3.30. The predicted octanol–water partition coefficient (Wildman–Crippen LogP) is 7.05. The van der Waals surface area contributed by atoms with Crippen LogP contribution in [0.2, 0.25) is 0 Å². The molecule has 0 aliphatic rings. The molecule has 1 unspecified atom stereocenters. The molecule has 5 heteroatoms. The van der Waals surface area contributed by atoms with E-state index in [1.165, 1.54) is 5.56 Å². The molecule has 1 amide bonds. The maximum Gasteiger partial charge on any atom is 0.244 e. The first kappa shape index (κ1) is 25.1. The molecule has 3 aromatic carbocycles. The van der Waals surface area contributed by atoms with Crippen molar-refractivity contribution in [1.29, 1.82) is 0 Å². The Bertz CT molecular complexity index is 1350. The van der Waals surface area contributed by atoms with Gasteiger partial charge in [-0.25, -0.2) is 0 Å². The molecule has 0 saturated heterocycles. The molecular formula is C31H33NO4. The Kier molecular flexibility index (Phi) is 8.11. The van der Waals surface area contributed by atoms with Gasteiger partial charge in [-0.15, -0.1) is 0 Å². The molecular weight excluding hydrogens is 450 g/mol. The van der Waals surface area contributed by atoms with Crippen LogP contribution in [0.4, 0.5) is 0 Å². The van der Waals surface area contributed by atoms with Crippen molar-refractivity contribution in [2.24, 2.45) is 0 Å². The second-order valence-electron chi connectivity index (χ2n) is 8.92. The molecule has 4 aromatic rings. The standard InChI is InChI=1S/C31H33NO4/c1-5-35-29-19-30-27(28(20-36-30)24-12-9-13-25(17-24)34-4)18-26(29)21(2)16-31(33)32-22(3)14-15-23-10-7-6-8-11-23/h6-13,16-20,22H,5,14-15H2,1-4H3,(H,32,33)/b21-16+. The van der Waals surface area contributed by atoms with Crippen LogP contribution in [0.3, 0.4) is 0 Å². The van der Waals surface area contributed by atoms with Crippen molar-refractivity contribution >= 4 is 22.4 Å². The molecule has 0 aliphatic carbocycles. The largest absolute Gasteiger partial charge is 0.497 e. The molecule has 1 N–H and O–H groups in total. The number of nitrogens with one attached hydrogen (secondary N) is 1. The van der Waals surface area contributed by atoms with Crippen LogP contribution in [-0.2, 0) is 11.2 Å². The number of methoxy groups -OCH3 is 1. The van der Waals surface area contributed by atoms with Gasteiger partial charge in [0.1, 0.15) is 17.1 Å². The summed E-state index contributed by atoms with van der Waals surface area (Å²) in [7, 11) is 1.65. The lowest BCUT2D eigenvalue weighted by Gasteiger charge is -2.14. The maximum absolute atomic E-state index is 12.8. The Morgan fingerprint density at radius 1 is 1.08 bits per heavy atom. The third-order valence-corrected chi connectivity index (χ3v) is 6.23. The van der Waals surface area contributed by atoms with Crippen LogP contribution in [0.5, 0.6) is 11.5 Å². The molecule has 36 heavy (non-hydrogen) atoms. The summed E-state index contributed by atoms with van der Waals surface area (Å²) in [6.45, 7) is 6.42. The maximum atomic E-state index is 12.8. The third kappa shape index (κ3) is 5.98. The molecule has 0 radical (unpaired) electrons. The van der Waals surface area contributed by atoms with Crippen LogP contribution in [0, 0.1) is 0 Å². The van der Waals surface area contributed by atoms with Crippen molar-refractivity contribution in [3.8, 4) is 22.6 Å². The van der Waals surface area contributed by atoms with Crippen LogP contribution in [0.15, 0.2) is 83.5 Å². The highest BCUT2D eigenvalue weighted by atomic mass is 16.5. The summed E-state index contributed by atoms with van der Waals surface area (Å²) in [5, 5.41) is 4.05. The number of furan rings is 1. The van der Waals surface area contributed by atoms with Gasteiger partial charge in [0.15, 0.2) is 0 Å². The van der Waals surface area contributed by atoms with E-state index in [2.05, 4.69) is 17.4 Å². The van der Waals surface area contributed by atoms with Crippen molar-refractivity contribution in [2.45, 2.75) is 39.7 Å². The van der Waals surface area contributed by atoms with Crippen molar-refractivity contribution in [3.63, 3.8) is 0 Å². The Morgan fingerprint density at radius 3 is 2.64 bits per heavy atom. The molecule has 1 aromatic heterocycles. The number of hydrogen-bond donors (Lipinski definition) is 1. The zero-order chi connectivity index (χ0) is 25.5. The van der Waals surface area contributed by atoms with Crippen LogP contribution in [-0.4, -0.2) is 25.7 Å². The second kappa shape index (κ2) is 11.6. The lowest BCUT2D eigenvalue weighted by atomic mass is 9.99. The van der Waals surface area contributed by atoms with Crippen molar-refractivity contribution < 1.29 is 18.7 Å². The Labute approximate surface area is 212 Å². The SMILES string of the molecule is CCOc1cc2occ(-c3cccc(OC)c3)c2cc1/C(C)=C/C(=O)NC(C)CCc1ccccc1. The van der Waals surface area contributed by atoms with Gasteiger partial charge in [-0.05, 0) is 68.5 Å².